The molecule has 3 aromatic rings. The number of hydrogen-bond donors (Lipinski definition) is 0. The molecule has 31 heavy (non-hydrogen) atoms. The number of hydrogen-bond acceptors (Lipinski definition) is 3. The Labute approximate surface area is 203 Å². The van der Waals surface area contributed by atoms with Gasteiger partial charge in [-0.2, -0.15) is 0 Å². The van der Waals surface area contributed by atoms with Crippen LogP contribution in [-0.4, -0.2) is 16.4 Å². The Bertz CT molecular complexity index is 1070. The average Bonchev–Trinajstić information content (AvgIpc) is 2.71. The van der Waals surface area contributed by atoms with Gasteiger partial charge in [-0.15, -0.1) is 12.4 Å². The molecule has 0 N–H and O–H groups in total. The van der Waals surface area contributed by atoms with Crippen molar-refractivity contribution < 1.29 is 17.1 Å². The Morgan fingerprint density at radius 3 is 1.84 bits per heavy atom. The minimum atomic E-state index is 0. The summed E-state index contributed by atoms with van der Waals surface area (Å²) in [6.45, 7) is 12.6. The Hall–Kier alpha value is -2.26. The van der Waals surface area contributed by atoms with Gasteiger partial charge >= 0.3 is 0 Å². The monoisotopic (exact) mass is 475 g/mol. The van der Waals surface area contributed by atoms with E-state index >= 15 is 0 Å². The van der Waals surface area contributed by atoms with E-state index in [9.17, 15) is 0 Å². The quantitative estimate of drug-likeness (QED) is 0.278. The fraction of sp³-hybridized carbons (Fsp3) is 0.269. The zero-order chi connectivity index (χ0) is 21.0. The first-order valence-corrected chi connectivity index (χ1v) is 10.1. The van der Waals surface area contributed by atoms with Crippen LogP contribution in [0.2, 0.25) is 0 Å². The summed E-state index contributed by atoms with van der Waals surface area (Å²) in [6, 6.07) is 20.6. The van der Waals surface area contributed by atoms with Crippen LogP contribution >= 0.6 is 12.4 Å². The summed E-state index contributed by atoms with van der Waals surface area (Å²) < 4.78 is 0. The molecule has 0 unspecified atom stereocenters. The van der Waals surface area contributed by atoms with Crippen molar-refractivity contribution in [1.82, 2.24) is 4.98 Å². The van der Waals surface area contributed by atoms with Gasteiger partial charge in [-0.3, -0.25) is 9.98 Å². The molecule has 0 saturated carbocycles. The normalized spacial score (nSPS) is 11.7. The molecule has 0 spiro atoms. The molecule has 2 aromatic carbocycles. The van der Waals surface area contributed by atoms with Crippen molar-refractivity contribution in [2.45, 2.75) is 47.5 Å². The summed E-state index contributed by atoms with van der Waals surface area (Å²) in [5.74, 6) is 0.425. The second-order valence-electron chi connectivity index (χ2n) is 7.76. The zero-order valence-corrected chi connectivity index (χ0v) is 20.9. The van der Waals surface area contributed by atoms with E-state index in [1.54, 1.807) is 0 Å². The third-order valence-electron chi connectivity index (χ3n) is 5.06. The molecule has 0 radical (unpaired) electrons. The Balaban J connectivity index is 0.00000240. The maximum absolute atomic E-state index is 4.88. The second kappa shape index (κ2) is 12.0. The van der Waals surface area contributed by atoms with Crippen molar-refractivity contribution in [2.24, 2.45) is 9.98 Å². The molecule has 0 atom stereocenters. The predicted molar refractivity (Wildman–Crippen MR) is 132 cm³/mol. The van der Waals surface area contributed by atoms with Crippen LogP contribution in [0.3, 0.4) is 0 Å². The number of para-hydroxylation sites is 2. The number of rotatable bonds is 5. The van der Waals surface area contributed by atoms with Crippen LogP contribution in [-0.2, 0) is 17.1 Å². The fourth-order valence-corrected chi connectivity index (χ4v) is 3.36. The Morgan fingerprint density at radius 2 is 1.26 bits per heavy atom. The number of pyridine rings is 1. The molecule has 0 aliphatic carbocycles. The largest absolute Gasteiger partial charge is 0.251 e. The summed E-state index contributed by atoms with van der Waals surface area (Å²) in [7, 11) is 0. The molecule has 3 nitrogen and oxygen atoms in total. The fourth-order valence-electron chi connectivity index (χ4n) is 3.36. The molecule has 0 bridgehead atoms. The van der Waals surface area contributed by atoms with Gasteiger partial charge in [0.1, 0.15) is 0 Å². The second-order valence-corrected chi connectivity index (χ2v) is 7.76. The number of aliphatic imine (C=N–C) groups is 2. The molecule has 0 aliphatic heterocycles. The van der Waals surface area contributed by atoms with E-state index in [2.05, 4.69) is 64.1 Å². The standard InChI is InChI=1S/C26H29N3.ClH.Fe/c1-17(2)22-13-7-8-14-25(22)27-20(5)23-15-10-16-24(29-23)21(6)28-26-18(3)11-9-12-19(26)4;;/h7-17H,1-6H3;1H;/b27-20+,28-21-;;. The van der Waals surface area contributed by atoms with Crippen LogP contribution < -0.4 is 0 Å². The van der Waals surface area contributed by atoms with Gasteiger partial charge in [0, 0.05) is 17.1 Å². The van der Waals surface area contributed by atoms with Crippen LogP contribution in [0.15, 0.2) is 70.6 Å². The number of aryl methyl sites for hydroxylation is 2. The molecule has 0 aliphatic rings. The van der Waals surface area contributed by atoms with E-state index < -0.39 is 0 Å². The Morgan fingerprint density at radius 1 is 0.742 bits per heavy atom. The third-order valence-corrected chi connectivity index (χ3v) is 5.06. The van der Waals surface area contributed by atoms with Gasteiger partial charge < -0.3 is 0 Å². The van der Waals surface area contributed by atoms with Crippen molar-refractivity contribution in [3.05, 3.63) is 88.7 Å². The van der Waals surface area contributed by atoms with Gasteiger partial charge in [0.05, 0.1) is 34.2 Å². The van der Waals surface area contributed by atoms with E-state index in [-0.39, 0.29) is 29.5 Å². The minimum Gasteiger partial charge on any atom is -0.251 e. The SMILES string of the molecule is C/C(=N/c1c(C)cccc1C)c1cccc(/C(C)=N/c2ccccc2C(C)C)n1.Cl.[Fe]. The summed E-state index contributed by atoms with van der Waals surface area (Å²) in [6.07, 6.45) is 0. The molecular formula is C26H30ClFeN3. The van der Waals surface area contributed by atoms with E-state index in [0.717, 1.165) is 34.2 Å². The van der Waals surface area contributed by atoms with Gasteiger partial charge in [0.2, 0.25) is 0 Å². The van der Waals surface area contributed by atoms with Gasteiger partial charge in [-0.1, -0.05) is 56.3 Å². The predicted octanol–water partition coefficient (Wildman–Crippen LogP) is 7.52. The van der Waals surface area contributed by atoms with Crippen molar-refractivity contribution >= 4 is 35.2 Å². The topological polar surface area (TPSA) is 37.6 Å². The summed E-state index contributed by atoms with van der Waals surface area (Å²) in [5.41, 5.74) is 9.16. The summed E-state index contributed by atoms with van der Waals surface area (Å²) >= 11 is 0. The van der Waals surface area contributed by atoms with Crippen LogP contribution in [0.4, 0.5) is 11.4 Å². The number of halogens is 1. The van der Waals surface area contributed by atoms with Gasteiger partial charge in [0.15, 0.2) is 0 Å². The van der Waals surface area contributed by atoms with Gasteiger partial charge in [0.25, 0.3) is 0 Å². The minimum absolute atomic E-state index is 0. The van der Waals surface area contributed by atoms with E-state index in [4.69, 9.17) is 15.0 Å². The number of benzene rings is 2. The first-order chi connectivity index (χ1) is 13.9. The average molecular weight is 476 g/mol. The molecule has 164 valence electrons. The van der Waals surface area contributed by atoms with Gasteiger partial charge in [-0.25, -0.2) is 4.98 Å². The molecular weight excluding hydrogens is 446 g/mol. The Kier molecular flexibility index (Phi) is 10.3. The zero-order valence-electron chi connectivity index (χ0n) is 19.0. The molecule has 5 heteroatoms. The van der Waals surface area contributed by atoms with Crippen molar-refractivity contribution in [2.75, 3.05) is 0 Å². The molecule has 1 aromatic heterocycles. The molecule has 0 amide bonds. The van der Waals surface area contributed by atoms with Crippen molar-refractivity contribution in [1.29, 1.82) is 0 Å². The number of aromatic nitrogens is 1. The number of nitrogens with zero attached hydrogens (tertiary/aromatic N) is 3. The molecule has 0 saturated heterocycles. The molecule has 0 fully saturated rings. The maximum Gasteiger partial charge on any atom is 0.0849 e. The summed E-state index contributed by atoms with van der Waals surface area (Å²) in [5, 5.41) is 0. The third kappa shape index (κ3) is 6.61. The van der Waals surface area contributed by atoms with Crippen molar-refractivity contribution in [3.8, 4) is 0 Å². The summed E-state index contributed by atoms with van der Waals surface area (Å²) in [4.78, 5) is 14.6. The molecule has 3 rings (SSSR count). The van der Waals surface area contributed by atoms with Crippen LogP contribution in [0.5, 0.6) is 0 Å². The van der Waals surface area contributed by atoms with Gasteiger partial charge in [-0.05, 0) is 68.5 Å². The van der Waals surface area contributed by atoms with E-state index in [0.29, 0.717) is 5.92 Å². The van der Waals surface area contributed by atoms with Crippen LogP contribution in [0, 0.1) is 13.8 Å². The first kappa shape index (κ1) is 26.8. The first-order valence-electron chi connectivity index (χ1n) is 10.1. The van der Waals surface area contributed by atoms with E-state index in [1.165, 1.54) is 16.7 Å². The molecule has 1 heterocycles. The smallest absolute Gasteiger partial charge is 0.0849 e. The van der Waals surface area contributed by atoms with Crippen LogP contribution in [0.1, 0.15) is 61.7 Å². The van der Waals surface area contributed by atoms with Crippen LogP contribution in [0.25, 0.3) is 0 Å². The maximum atomic E-state index is 4.88. The van der Waals surface area contributed by atoms with Crippen molar-refractivity contribution in [3.63, 3.8) is 0 Å². The van der Waals surface area contributed by atoms with E-state index in [1.807, 2.05) is 38.1 Å².